The highest BCUT2D eigenvalue weighted by Gasteiger charge is 2.36. The number of sulfonamides is 1. The van der Waals surface area contributed by atoms with Crippen molar-refractivity contribution in [2.75, 3.05) is 12.3 Å². The molecule has 9 nitrogen and oxygen atoms in total. The molecule has 1 heterocycles. The lowest BCUT2D eigenvalue weighted by atomic mass is 9.94. The van der Waals surface area contributed by atoms with Crippen LogP contribution in [0.5, 0.6) is 11.5 Å². The van der Waals surface area contributed by atoms with E-state index in [1.54, 1.807) is 26.0 Å². The number of aliphatic imine (C=N–C) groups is 1. The van der Waals surface area contributed by atoms with Crippen molar-refractivity contribution in [2.24, 2.45) is 10.7 Å². The van der Waals surface area contributed by atoms with Crippen LogP contribution in [0.1, 0.15) is 55.9 Å². The Labute approximate surface area is 250 Å². The molecule has 0 radical (unpaired) electrons. The first kappa shape index (κ1) is 34.0. The summed E-state index contributed by atoms with van der Waals surface area (Å²) in [6.45, 7) is 11.6. The fraction of sp³-hybridized carbons (Fsp3) is 0.481. The van der Waals surface area contributed by atoms with Gasteiger partial charge in [0.15, 0.2) is 6.04 Å². The molecule has 3 rings (SSSR count). The molecule has 0 aliphatic carbocycles. The van der Waals surface area contributed by atoms with E-state index in [1.807, 2.05) is 39.8 Å². The third kappa shape index (κ3) is 7.73. The average Bonchev–Trinajstić information content (AvgIpc) is 3.20. The molecule has 13 heteroatoms. The summed E-state index contributed by atoms with van der Waals surface area (Å²) in [5.41, 5.74) is 12.4. The van der Waals surface area contributed by atoms with Gasteiger partial charge in [-0.2, -0.15) is 0 Å². The minimum atomic E-state index is -3.97. The number of hydrogen-bond donors (Lipinski definition) is 3. The van der Waals surface area contributed by atoms with Crippen LogP contribution >= 0.6 is 0 Å². The van der Waals surface area contributed by atoms with Crippen LogP contribution in [0.2, 0.25) is 0 Å². The van der Waals surface area contributed by atoms with Gasteiger partial charge in [0.2, 0.25) is 5.96 Å². The summed E-state index contributed by atoms with van der Waals surface area (Å²) in [7, 11) is -4.41. The van der Waals surface area contributed by atoms with E-state index in [0.29, 0.717) is 36.1 Å². The molecular formula is C27H39ClN4O5S3. The van der Waals surface area contributed by atoms with E-state index in [4.69, 9.17) is 26.4 Å². The summed E-state index contributed by atoms with van der Waals surface area (Å²) < 4.78 is 40.7. The van der Waals surface area contributed by atoms with Gasteiger partial charge in [-0.15, -0.1) is 0 Å². The summed E-state index contributed by atoms with van der Waals surface area (Å²) in [5, 5.41) is 0. The second-order valence-corrected chi connectivity index (χ2v) is 14.8. The molecule has 0 fully saturated rings. The standard InChI is InChI=1S/C27H38N4O5S3.ClH/c1-7-38(37)22-13-9-8-12-21(22)35-25(32)20(28)11-10-14-30-26(29)31-39(33,34)24-17(3)16(2)23-19(18(24)4)15-27(5,6)36-23;/h8-9,12-13,20H,7,10-11,14-15,28H2,1-6H3,(H3,29,30,31);1H/t20-,38?;/m0./s1. The summed E-state index contributed by atoms with van der Waals surface area (Å²) in [6.07, 6.45) is 1.49. The van der Waals surface area contributed by atoms with Crippen molar-refractivity contribution < 1.29 is 40.8 Å². The van der Waals surface area contributed by atoms with E-state index in [0.717, 1.165) is 27.5 Å². The molecular weight excluding hydrogens is 592 g/mol. The molecule has 0 amide bonds. The molecule has 2 atom stereocenters. The normalized spacial score (nSPS) is 15.8. The molecule has 40 heavy (non-hydrogen) atoms. The predicted molar refractivity (Wildman–Crippen MR) is 157 cm³/mol. The third-order valence-electron chi connectivity index (χ3n) is 6.69. The molecule has 0 saturated heterocycles. The molecule has 2 aromatic rings. The van der Waals surface area contributed by atoms with Gasteiger partial charge in [-0.25, -0.2) is 17.9 Å². The number of nitrogens with one attached hydrogen (secondary N) is 1. The first-order chi connectivity index (χ1) is 18.2. The van der Waals surface area contributed by atoms with Crippen LogP contribution in [-0.4, -0.2) is 44.3 Å². The van der Waals surface area contributed by atoms with Gasteiger partial charge >= 0.3 is 5.97 Å². The van der Waals surface area contributed by atoms with Crippen molar-refractivity contribution in [3.8, 4) is 11.5 Å². The lowest BCUT2D eigenvalue weighted by molar-refractivity contribution is -0.408. The molecule has 1 unspecified atom stereocenters. The van der Waals surface area contributed by atoms with E-state index in [9.17, 15) is 13.2 Å². The number of fused-ring (bicyclic) bond motifs is 1. The summed E-state index contributed by atoms with van der Waals surface area (Å²) in [5.74, 6) is 1.34. The van der Waals surface area contributed by atoms with Gasteiger partial charge in [-0.3, -0.25) is 4.99 Å². The van der Waals surface area contributed by atoms with Gasteiger partial charge in [0.05, 0.1) is 9.79 Å². The van der Waals surface area contributed by atoms with Gasteiger partial charge in [-0.1, -0.05) is 28.5 Å². The lowest BCUT2D eigenvalue weighted by Crippen LogP contribution is -3.00. The van der Waals surface area contributed by atoms with Crippen LogP contribution in [0, 0.1) is 20.8 Å². The SMILES string of the molecule is CCS(=S)c1ccccc1OC(=O)[C@@H]([NH3+])CCCN=C(N)NS(=O)(=O)c1c(C)c(C)c2c(c1C)CC(C)(C)O2.[Cl-]. The number of rotatable bonds is 10. The number of para-hydroxylation sites is 1. The maximum Gasteiger partial charge on any atom is 0.370 e. The monoisotopic (exact) mass is 630 g/mol. The predicted octanol–water partition coefficient (Wildman–Crippen LogP) is -0.622. The van der Waals surface area contributed by atoms with Crippen molar-refractivity contribution in [3.63, 3.8) is 0 Å². The van der Waals surface area contributed by atoms with Crippen molar-refractivity contribution >= 4 is 42.6 Å². The molecule has 0 bridgehead atoms. The zero-order valence-corrected chi connectivity index (χ0v) is 27.0. The Hall–Kier alpha value is -2.25. The Morgan fingerprint density at radius 1 is 1.25 bits per heavy atom. The van der Waals surface area contributed by atoms with Crippen molar-refractivity contribution in [2.45, 2.75) is 82.2 Å². The Morgan fingerprint density at radius 2 is 1.90 bits per heavy atom. The van der Waals surface area contributed by atoms with Crippen LogP contribution in [0.25, 0.3) is 0 Å². The third-order valence-corrected chi connectivity index (χ3v) is 10.9. The Kier molecular flexibility index (Phi) is 11.6. The van der Waals surface area contributed by atoms with Gasteiger partial charge in [0.25, 0.3) is 10.0 Å². The fourth-order valence-electron chi connectivity index (χ4n) is 4.59. The number of carbonyl (C=O) groups excluding carboxylic acids is 1. The zero-order chi connectivity index (χ0) is 29.1. The van der Waals surface area contributed by atoms with Crippen LogP contribution < -0.4 is 38.1 Å². The molecule has 0 spiro atoms. The van der Waals surface area contributed by atoms with E-state index in [-0.39, 0.29) is 29.8 Å². The number of nitrogens with two attached hydrogens (primary N) is 1. The largest absolute Gasteiger partial charge is 1.00 e. The van der Waals surface area contributed by atoms with Gasteiger partial charge in [0.1, 0.15) is 17.1 Å². The van der Waals surface area contributed by atoms with Gasteiger partial charge in [0, 0.05) is 24.9 Å². The first-order valence-electron chi connectivity index (χ1n) is 12.8. The molecule has 1 aliphatic heterocycles. The minimum absolute atomic E-state index is 0. The molecule has 222 valence electrons. The van der Waals surface area contributed by atoms with Gasteiger partial charge < -0.3 is 33.3 Å². The number of quaternary nitrogens is 1. The highest BCUT2D eigenvalue weighted by atomic mass is 35.5. The number of esters is 1. The van der Waals surface area contributed by atoms with Crippen LogP contribution in [0.15, 0.2) is 39.0 Å². The Bertz CT molecular complexity index is 1430. The number of hydrogen-bond acceptors (Lipinski definition) is 7. The van der Waals surface area contributed by atoms with E-state index < -0.39 is 37.1 Å². The van der Waals surface area contributed by atoms with Crippen molar-refractivity contribution in [1.82, 2.24) is 4.72 Å². The molecule has 2 aromatic carbocycles. The average molecular weight is 631 g/mol. The van der Waals surface area contributed by atoms with Crippen molar-refractivity contribution in [3.05, 3.63) is 46.5 Å². The number of ether oxygens (including phenoxy) is 2. The number of benzene rings is 2. The quantitative estimate of drug-likeness (QED) is 0.104. The molecule has 1 aliphatic rings. The number of nitrogens with zero attached hydrogens (tertiary/aromatic N) is 1. The molecule has 0 aromatic heterocycles. The molecule has 6 N–H and O–H groups in total. The van der Waals surface area contributed by atoms with Crippen molar-refractivity contribution in [1.29, 1.82) is 0 Å². The summed E-state index contributed by atoms with van der Waals surface area (Å²) >= 11 is 5.48. The van der Waals surface area contributed by atoms with Crippen LogP contribution in [0.3, 0.4) is 0 Å². The fourth-order valence-corrected chi connectivity index (χ4v) is 7.41. The molecule has 0 saturated carbocycles. The highest BCUT2D eigenvalue weighted by Crippen LogP contribution is 2.43. The Balaban J connectivity index is 0.00000560. The second-order valence-electron chi connectivity index (χ2n) is 10.3. The first-order valence-corrected chi connectivity index (χ1v) is 16.6. The Morgan fingerprint density at radius 3 is 2.55 bits per heavy atom. The number of guanidine groups is 1. The van der Waals surface area contributed by atoms with E-state index in [2.05, 4.69) is 15.4 Å². The second kappa shape index (κ2) is 13.6. The maximum atomic E-state index is 13.3. The highest BCUT2D eigenvalue weighted by molar-refractivity contribution is 8.28. The summed E-state index contributed by atoms with van der Waals surface area (Å²) in [6, 6.07) is 6.66. The topological polar surface area (TPSA) is 148 Å². The smallest absolute Gasteiger partial charge is 0.370 e. The summed E-state index contributed by atoms with van der Waals surface area (Å²) in [4.78, 5) is 17.8. The van der Waals surface area contributed by atoms with Crippen LogP contribution in [0.4, 0.5) is 0 Å². The van der Waals surface area contributed by atoms with E-state index >= 15 is 0 Å². The zero-order valence-electron chi connectivity index (χ0n) is 23.8. The maximum absolute atomic E-state index is 13.3. The van der Waals surface area contributed by atoms with Gasteiger partial charge in [-0.05, 0) is 86.8 Å². The number of carbonyl (C=O) groups is 1. The van der Waals surface area contributed by atoms with Crippen LogP contribution in [-0.2, 0) is 41.9 Å². The minimum Gasteiger partial charge on any atom is -1.00 e. The van der Waals surface area contributed by atoms with E-state index in [1.165, 1.54) is 0 Å². The number of halogens is 1. The lowest BCUT2D eigenvalue weighted by Gasteiger charge is -2.19.